The second-order valence-electron chi connectivity index (χ2n) is 9.50. The molecule has 0 aliphatic carbocycles. The highest BCUT2D eigenvalue weighted by Crippen LogP contribution is 2.31. The number of rotatable bonds is 5. The van der Waals surface area contributed by atoms with Crippen molar-refractivity contribution in [3.05, 3.63) is 65.5 Å². The molecule has 36 heavy (non-hydrogen) atoms. The van der Waals surface area contributed by atoms with Gasteiger partial charge in [0.05, 0.1) is 18.3 Å². The fraction of sp³-hybridized carbons (Fsp3) is 0.346. The maximum Gasteiger partial charge on any atom is 0.254 e. The quantitative estimate of drug-likeness (QED) is 0.443. The fourth-order valence-electron chi connectivity index (χ4n) is 5.25. The van der Waals surface area contributed by atoms with Crippen molar-refractivity contribution in [1.82, 2.24) is 35.2 Å². The average molecular weight is 485 g/mol. The molecule has 4 aromatic rings. The van der Waals surface area contributed by atoms with E-state index in [9.17, 15) is 4.79 Å². The molecule has 10 nitrogen and oxygen atoms in total. The molecule has 0 unspecified atom stereocenters. The van der Waals surface area contributed by atoms with Crippen molar-refractivity contribution >= 4 is 28.6 Å². The Balaban J connectivity index is 1.10. The Kier molecular flexibility index (Phi) is 5.73. The Morgan fingerprint density at radius 2 is 2.11 bits per heavy atom. The van der Waals surface area contributed by atoms with Crippen molar-refractivity contribution in [2.24, 2.45) is 0 Å². The van der Waals surface area contributed by atoms with Crippen LogP contribution in [0.5, 0.6) is 5.75 Å². The van der Waals surface area contributed by atoms with Crippen LogP contribution in [-0.2, 0) is 13.1 Å². The van der Waals surface area contributed by atoms with E-state index in [4.69, 9.17) is 9.72 Å². The van der Waals surface area contributed by atoms with Gasteiger partial charge in [-0.2, -0.15) is 0 Å². The van der Waals surface area contributed by atoms with Crippen LogP contribution in [-0.4, -0.2) is 66.8 Å². The number of nitrogens with zero attached hydrogens (tertiary/aromatic N) is 6. The summed E-state index contributed by atoms with van der Waals surface area (Å²) < 4.78 is 5.30. The van der Waals surface area contributed by atoms with E-state index < -0.39 is 0 Å². The number of likely N-dealkylation sites (tertiary alicyclic amines) is 1. The van der Waals surface area contributed by atoms with Crippen LogP contribution in [0.4, 0.5) is 11.6 Å². The fourth-order valence-corrected chi connectivity index (χ4v) is 5.25. The minimum absolute atomic E-state index is 0.0506. The van der Waals surface area contributed by atoms with E-state index in [1.54, 1.807) is 7.11 Å². The van der Waals surface area contributed by atoms with E-state index in [2.05, 4.69) is 37.5 Å². The molecule has 184 valence electrons. The molecule has 0 spiro atoms. The van der Waals surface area contributed by atoms with E-state index in [1.165, 1.54) is 5.56 Å². The molecule has 2 aromatic carbocycles. The summed E-state index contributed by atoms with van der Waals surface area (Å²) in [5, 5.41) is 14.0. The first-order valence-electron chi connectivity index (χ1n) is 12.2. The number of hydrogen-bond donors (Lipinski definition) is 2. The summed E-state index contributed by atoms with van der Waals surface area (Å²) in [5.74, 6) is 1.42. The Morgan fingerprint density at radius 3 is 2.97 bits per heavy atom. The molecule has 0 radical (unpaired) electrons. The van der Waals surface area contributed by atoms with Crippen LogP contribution < -0.4 is 10.1 Å². The van der Waals surface area contributed by atoms with E-state index in [-0.39, 0.29) is 11.9 Å². The molecule has 1 amide bonds. The molecular formula is C26H28N8O2. The lowest BCUT2D eigenvalue weighted by molar-refractivity contribution is 0.0460. The van der Waals surface area contributed by atoms with Gasteiger partial charge >= 0.3 is 0 Å². The Labute approximate surface area is 208 Å². The van der Waals surface area contributed by atoms with Gasteiger partial charge in [-0.15, -0.1) is 5.10 Å². The molecule has 1 fully saturated rings. The third-order valence-corrected chi connectivity index (χ3v) is 7.20. The number of H-pyrrole nitrogens is 1. The molecule has 6 rings (SSSR count). The second kappa shape index (κ2) is 9.19. The number of aromatic amines is 1. The first-order valence-corrected chi connectivity index (χ1v) is 12.2. The van der Waals surface area contributed by atoms with E-state index in [1.807, 2.05) is 53.6 Å². The average Bonchev–Trinajstić information content (AvgIpc) is 3.54. The number of fused-ring (bicyclic) bond motifs is 2. The Hall–Kier alpha value is -4.05. The van der Waals surface area contributed by atoms with Gasteiger partial charge in [0.1, 0.15) is 11.3 Å². The summed E-state index contributed by atoms with van der Waals surface area (Å²) in [6.45, 7) is 4.49. The number of carbonyl (C=O) groups excluding carboxylic acids is 1. The number of amides is 1. The standard InChI is InChI=1S/C26H28N8O2/c1-16-10-20(8-9-34(16)25(35)17-6-7-22-23(11-17)31-32-30-22)33-14-18-13-27-26(29-24(18)15-33)28-19-4-3-5-21(12-19)36-2/h3-7,11-13,16,20H,8-10,14-15H2,1-2H3,(H,27,28,29)(H,30,31,32)/t16-,20-/m1/s1. The highest BCUT2D eigenvalue weighted by molar-refractivity contribution is 5.97. The zero-order valence-electron chi connectivity index (χ0n) is 20.3. The number of benzene rings is 2. The maximum atomic E-state index is 13.2. The highest BCUT2D eigenvalue weighted by Gasteiger charge is 2.35. The minimum atomic E-state index is 0.0506. The van der Waals surface area contributed by atoms with Gasteiger partial charge in [-0.3, -0.25) is 14.8 Å². The SMILES string of the molecule is COc1cccc(Nc2ncc3c(n2)CN([C@@H]2CCN(C(=O)c4ccc5[nH]nnc5c4)[C@H](C)C2)C3)c1. The van der Waals surface area contributed by atoms with Crippen molar-refractivity contribution in [3.8, 4) is 5.75 Å². The summed E-state index contributed by atoms with van der Waals surface area (Å²) in [7, 11) is 1.65. The Bertz CT molecular complexity index is 1420. The monoisotopic (exact) mass is 484 g/mol. The van der Waals surface area contributed by atoms with Crippen LogP contribution in [0.2, 0.25) is 0 Å². The zero-order valence-corrected chi connectivity index (χ0v) is 20.3. The molecule has 1 saturated heterocycles. The summed E-state index contributed by atoms with van der Waals surface area (Å²) in [4.78, 5) is 27.0. The number of carbonyl (C=O) groups is 1. The lowest BCUT2D eigenvalue weighted by Gasteiger charge is -2.41. The van der Waals surface area contributed by atoms with E-state index in [0.717, 1.165) is 55.1 Å². The van der Waals surface area contributed by atoms with Crippen LogP contribution in [0.1, 0.15) is 41.4 Å². The number of methoxy groups -OCH3 is 1. The summed E-state index contributed by atoms with van der Waals surface area (Å²) in [6.07, 6.45) is 3.78. The number of anilines is 2. The van der Waals surface area contributed by atoms with Crippen molar-refractivity contribution in [3.63, 3.8) is 0 Å². The summed E-state index contributed by atoms with van der Waals surface area (Å²) >= 11 is 0. The molecule has 2 aliphatic heterocycles. The predicted molar refractivity (Wildman–Crippen MR) is 135 cm³/mol. The van der Waals surface area contributed by atoms with Gasteiger partial charge < -0.3 is 15.0 Å². The van der Waals surface area contributed by atoms with E-state index >= 15 is 0 Å². The largest absolute Gasteiger partial charge is 0.497 e. The molecule has 2 N–H and O–H groups in total. The number of nitrogens with one attached hydrogen (secondary N) is 2. The smallest absolute Gasteiger partial charge is 0.254 e. The predicted octanol–water partition coefficient (Wildman–Crippen LogP) is 3.51. The zero-order chi connectivity index (χ0) is 24.6. The topological polar surface area (TPSA) is 112 Å². The molecule has 2 aromatic heterocycles. The third kappa shape index (κ3) is 4.24. The van der Waals surface area contributed by atoms with Gasteiger partial charge in [0.15, 0.2) is 0 Å². The van der Waals surface area contributed by atoms with Crippen LogP contribution in [0.15, 0.2) is 48.7 Å². The Morgan fingerprint density at radius 1 is 1.19 bits per heavy atom. The third-order valence-electron chi connectivity index (χ3n) is 7.20. The van der Waals surface area contributed by atoms with Crippen molar-refractivity contribution in [1.29, 1.82) is 0 Å². The number of hydrogen-bond acceptors (Lipinski definition) is 8. The van der Waals surface area contributed by atoms with Crippen LogP contribution in [0.3, 0.4) is 0 Å². The van der Waals surface area contributed by atoms with Gasteiger partial charge in [0.2, 0.25) is 5.95 Å². The lowest BCUT2D eigenvalue weighted by atomic mass is 9.96. The molecule has 4 heterocycles. The van der Waals surface area contributed by atoms with Crippen molar-refractivity contribution in [2.45, 2.75) is 44.9 Å². The second-order valence-corrected chi connectivity index (χ2v) is 9.50. The summed E-state index contributed by atoms with van der Waals surface area (Å²) in [6, 6.07) is 13.8. The first kappa shape index (κ1) is 22.4. The first-order chi connectivity index (χ1) is 17.6. The van der Waals surface area contributed by atoms with E-state index in [0.29, 0.717) is 23.1 Å². The van der Waals surface area contributed by atoms with Gasteiger partial charge in [0, 0.05) is 60.8 Å². The van der Waals surface area contributed by atoms with Crippen LogP contribution in [0, 0.1) is 0 Å². The molecular weight excluding hydrogens is 456 g/mol. The molecule has 10 heteroatoms. The highest BCUT2D eigenvalue weighted by atomic mass is 16.5. The number of aromatic nitrogens is 5. The lowest BCUT2D eigenvalue weighted by Crippen LogP contribution is -2.50. The van der Waals surface area contributed by atoms with Crippen molar-refractivity contribution in [2.75, 3.05) is 19.0 Å². The van der Waals surface area contributed by atoms with Crippen molar-refractivity contribution < 1.29 is 9.53 Å². The molecule has 0 bridgehead atoms. The normalized spacial score (nSPS) is 19.9. The molecule has 2 atom stereocenters. The maximum absolute atomic E-state index is 13.2. The minimum Gasteiger partial charge on any atom is -0.497 e. The van der Waals surface area contributed by atoms with Gasteiger partial charge in [-0.05, 0) is 50.1 Å². The molecule has 2 aliphatic rings. The summed E-state index contributed by atoms with van der Waals surface area (Å²) in [5.41, 5.74) is 5.30. The van der Waals surface area contributed by atoms with Gasteiger partial charge in [-0.1, -0.05) is 11.3 Å². The van der Waals surface area contributed by atoms with Gasteiger partial charge in [-0.25, -0.2) is 9.97 Å². The van der Waals surface area contributed by atoms with Gasteiger partial charge in [0.25, 0.3) is 5.91 Å². The van der Waals surface area contributed by atoms with Crippen LogP contribution in [0.25, 0.3) is 11.0 Å². The molecule has 0 saturated carbocycles. The number of piperidine rings is 1. The number of ether oxygens (including phenoxy) is 1. The van der Waals surface area contributed by atoms with Crippen LogP contribution >= 0.6 is 0 Å².